The van der Waals surface area contributed by atoms with Gasteiger partial charge in [0.25, 0.3) is 5.91 Å². The smallest absolute Gasteiger partial charge is 0.324 e. The highest BCUT2D eigenvalue weighted by Gasteiger charge is 2.42. The van der Waals surface area contributed by atoms with E-state index in [1.165, 1.54) is 21.9 Å². The predicted octanol–water partition coefficient (Wildman–Crippen LogP) is 0.673. The van der Waals surface area contributed by atoms with Crippen LogP contribution in [0.2, 0.25) is 5.02 Å². The average Bonchev–Trinajstić information content (AvgIpc) is 2.85. The first-order valence-corrected chi connectivity index (χ1v) is 8.25. The Balaban J connectivity index is 1.59. The number of urea groups is 1. The molecular weight excluding hydrogens is 351 g/mol. The van der Waals surface area contributed by atoms with Crippen LogP contribution in [-0.2, 0) is 16.1 Å². The molecule has 1 aromatic rings. The monoisotopic (exact) mass is 368 g/mol. The van der Waals surface area contributed by atoms with E-state index in [2.05, 4.69) is 5.32 Å². The van der Waals surface area contributed by atoms with E-state index in [9.17, 15) is 18.8 Å². The van der Waals surface area contributed by atoms with Crippen molar-refractivity contribution in [3.05, 3.63) is 34.6 Å². The Labute approximate surface area is 149 Å². The van der Waals surface area contributed by atoms with E-state index in [1.54, 1.807) is 13.1 Å². The zero-order chi connectivity index (χ0) is 18.1. The first kappa shape index (κ1) is 17.6. The first-order valence-electron chi connectivity index (χ1n) is 7.87. The third kappa shape index (κ3) is 3.59. The van der Waals surface area contributed by atoms with Crippen molar-refractivity contribution in [1.29, 1.82) is 0 Å². The topological polar surface area (TPSA) is 73.0 Å². The Morgan fingerprint density at radius 2 is 2.16 bits per heavy atom. The second-order valence-corrected chi connectivity index (χ2v) is 6.60. The third-order valence-electron chi connectivity index (χ3n) is 4.50. The van der Waals surface area contributed by atoms with E-state index >= 15 is 0 Å². The molecule has 1 N–H and O–H groups in total. The summed E-state index contributed by atoms with van der Waals surface area (Å²) in [7, 11) is 1.58. The summed E-state index contributed by atoms with van der Waals surface area (Å²) < 4.78 is 13.8. The van der Waals surface area contributed by atoms with E-state index in [0.717, 1.165) is 0 Å². The number of carbonyl (C=O) groups is 3. The van der Waals surface area contributed by atoms with Crippen molar-refractivity contribution in [3.63, 3.8) is 0 Å². The van der Waals surface area contributed by atoms with Gasteiger partial charge in [0.05, 0.1) is 6.54 Å². The Bertz CT molecular complexity index is 709. The minimum atomic E-state index is -0.555. The minimum Gasteiger partial charge on any atom is -0.340 e. The molecule has 0 radical (unpaired) electrons. The number of halogens is 2. The van der Waals surface area contributed by atoms with Gasteiger partial charge >= 0.3 is 6.03 Å². The van der Waals surface area contributed by atoms with Crippen molar-refractivity contribution >= 4 is 29.4 Å². The lowest BCUT2D eigenvalue weighted by atomic mass is 10.1. The lowest BCUT2D eigenvalue weighted by Gasteiger charge is -2.35. The largest absolute Gasteiger partial charge is 0.340 e. The van der Waals surface area contributed by atoms with Crippen LogP contribution in [0, 0.1) is 5.82 Å². The summed E-state index contributed by atoms with van der Waals surface area (Å²) in [5, 5.41) is 2.54. The zero-order valence-electron chi connectivity index (χ0n) is 13.7. The molecule has 2 aliphatic rings. The predicted molar refractivity (Wildman–Crippen MR) is 88.4 cm³/mol. The van der Waals surface area contributed by atoms with Crippen LogP contribution in [0.15, 0.2) is 18.2 Å². The lowest BCUT2D eigenvalue weighted by molar-refractivity contribution is -0.133. The molecule has 134 valence electrons. The van der Waals surface area contributed by atoms with Gasteiger partial charge in [-0.3, -0.25) is 19.8 Å². The number of nitrogens with one attached hydrogen (secondary N) is 1. The highest BCUT2D eigenvalue weighted by atomic mass is 35.5. The van der Waals surface area contributed by atoms with Gasteiger partial charge < -0.3 is 9.80 Å². The number of hydrogen-bond donors (Lipinski definition) is 1. The van der Waals surface area contributed by atoms with E-state index < -0.39 is 11.9 Å². The molecule has 25 heavy (non-hydrogen) atoms. The summed E-state index contributed by atoms with van der Waals surface area (Å²) in [6, 6.07) is 3.45. The number of likely N-dealkylation sites (N-methyl/N-ethyl adjacent to an activating group) is 1. The van der Waals surface area contributed by atoms with Crippen LogP contribution in [0.5, 0.6) is 0 Å². The number of fused-ring (bicyclic) bond motifs is 1. The number of piperazine rings is 1. The number of rotatable bonds is 4. The van der Waals surface area contributed by atoms with Crippen molar-refractivity contribution in [2.45, 2.75) is 12.6 Å². The van der Waals surface area contributed by atoms with Crippen LogP contribution in [0.3, 0.4) is 0 Å². The fourth-order valence-electron chi connectivity index (χ4n) is 3.03. The number of imide groups is 1. The Morgan fingerprint density at radius 1 is 1.40 bits per heavy atom. The summed E-state index contributed by atoms with van der Waals surface area (Å²) >= 11 is 5.99. The highest BCUT2D eigenvalue weighted by Crippen LogP contribution is 2.21. The Morgan fingerprint density at radius 3 is 2.88 bits per heavy atom. The molecule has 4 amide bonds. The normalized spacial score (nSPS) is 20.4. The number of nitrogens with zero attached hydrogens (tertiary/aromatic N) is 3. The van der Waals surface area contributed by atoms with Gasteiger partial charge in [-0.25, -0.2) is 9.18 Å². The van der Waals surface area contributed by atoms with Crippen molar-refractivity contribution in [1.82, 2.24) is 20.0 Å². The molecule has 2 fully saturated rings. The van der Waals surface area contributed by atoms with Crippen molar-refractivity contribution in [3.8, 4) is 0 Å². The van der Waals surface area contributed by atoms with Crippen LogP contribution >= 0.6 is 11.6 Å². The van der Waals surface area contributed by atoms with Gasteiger partial charge in [-0.05, 0) is 12.1 Å². The highest BCUT2D eigenvalue weighted by molar-refractivity contribution is 6.31. The van der Waals surface area contributed by atoms with Crippen LogP contribution in [0.4, 0.5) is 9.18 Å². The number of amides is 4. The van der Waals surface area contributed by atoms with Crippen molar-refractivity contribution in [2.24, 2.45) is 0 Å². The quantitative estimate of drug-likeness (QED) is 0.793. The van der Waals surface area contributed by atoms with Crippen molar-refractivity contribution < 1.29 is 18.8 Å². The van der Waals surface area contributed by atoms with Crippen LogP contribution < -0.4 is 5.32 Å². The fourth-order valence-corrected chi connectivity index (χ4v) is 3.25. The molecule has 0 unspecified atom stereocenters. The number of carbonyl (C=O) groups excluding carboxylic acids is 3. The molecule has 0 aromatic heterocycles. The minimum absolute atomic E-state index is 0.0622. The van der Waals surface area contributed by atoms with Crippen LogP contribution in [0.1, 0.15) is 5.56 Å². The van der Waals surface area contributed by atoms with Crippen molar-refractivity contribution in [2.75, 3.05) is 33.2 Å². The fraction of sp³-hybridized carbons (Fsp3) is 0.438. The maximum absolute atomic E-state index is 13.8. The SMILES string of the molecule is CN(Cc1c(F)cccc1Cl)C(=O)CN1CCN2C(=O)NC(=O)[C@@H]2C1. The molecule has 3 rings (SSSR count). The van der Waals surface area contributed by atoms with Crippen LogP contribution in [0.25, 0.3) is 0 Å². The van der Waals surface area contributed by atoms with E-state index in [0.29, 0.717) is 19.6 Å². The first-order chi connectivity index (χ1) is 11.9. The summed E-state index contributed by atoms with van der Waals surface area (Å²) in [6.07, 6.45) is 0. The molecule has 7 nitrogen and oxygen atoms in total. The third-order valence-corrected chi connectivity index (χ3v) is 4.85. The zero-order valence-corrected chi connectivity index (χ0v) is 14.4. The van der Waals surface area contributed by atoms with E-state index in [1.807, 2.05) is 4.90 Å². The van der Waals surface area contributed by atoms with Gasteiger partial charge in [-0.1, -0.05) is 17.7 Å². The summed E-state index contributed by atoms with van der Waals surface area (Å²) in [4.78, 5) is 40.4. The number of hydrogen-bond acceptors (Lipinski definition) is 4. The van der Waals surface area contributed by atoms with Gasteiger partial charge in [-0.2, -0.15) is 0 Å². The van der Waals surface area contributed by atoms with Crippen LogP contribution in [-0.4, -0.2) is 71.8 Å². The molecule has 9 heteroatoms. The Hall–Kier alpha value is -2.19. The number of benzene rings is 1. The maximum Gasteiger partial charge on any atom is 0.324 e. The average molecular weight is 369 g/mol. The summed E-state index contributed by atoms with van der Waals surface area (Å²) in [5.74, 6) is -1.01. The molecule has 0 bridgehead atoms. The van der Waals surface area contributed by atoms with Gasteiger partial charge in [0.2, 0.25) is 5.91 Å². The molecule has 2 heterocycles. The van der Waals surface area contributed by atoms with Gasteiger partial charge in [0.15, 0.2) is 0 Å². The standard InChI is InChI=1S/C16H18ClFN4O3/c1-20(7-10-11(17)3-2-4-12(10)18)14(23)9-21-5-6-22-13(8-21)15(24)19-16(22)25/h2-4,13H,5-9H2,1H3,(H,19,24,25)/t13-/m0/s1. The molecule has 1 aromatic carbocycles. The van der Waals surface area contributed by atoms with Gasteiger partial charge in [-0.15, -0.1) is 0 Å². The van der Waals surface area contributed by atoms with Gasteiger partial charge in [0, 0.05) is 43.8 Å². The molecule has 2 saturated heterocycles. The molecule has 1 atom stereocenters. The Kier molecular flexibility index (Phi) is 4.91. The van der Waals surface area contributed by atoms with E-state index in [-0.39, 0.29) is 41.5 Å². The molecule has 0 spiro atoms. The second kappa shape index (κ2) is 6.97. The summed E-state index contributed by atoms with van der Waals surface area (Å²) in [6.45, 7) is 1.34. The van der Waals surface area contributed by atoms with Gasteiger partial charge in [0.1, 0.15) is 11.9 Å². The maximum atomic E-state index is 13.8. The lowest BCUT2D eigenvalue weighted by Crippen LogP contribution is -2.54. The van der Waals surface area contributed by atoms with E-state index in [4.69, 9.17) is 11.6 Å². The molecule has 0 aliphatic carbocycles. The molecular formula is C16H18ClFN4O3. The second-order valence-electron chi connectivity index (χ2n) is 6.19. The molecule has 0 saturated carbocycles. The molecule has 2 aliphatic heterocycles. The summed E-state index contributed by atoms with van der Waals surface area (Å²) in [5.41, 5.74) is 0.269.